The highest BCUT2D eigenvalue weighted by Gasteiger charge is 2.40. The van der Waals surface area contributed by atoms with Gasteiger partial charge in [0.15, 0.2) is 5.69 Å². The normalized spacial score (nSPS) is 21.8. The van der Waals surface area contributed by atoms with Gasteiger partial charge in [0.25, 0.3) is 0 Å². The van der Waals surface area contributed by atoms with Crippen molar-refractivity contribution in [1.29, 1.82) is 0 Å². The van der Waals surface area contributed by atoms with E-state index in [0.717, 1.165) is 25.9 Å². The number of rotatable bonds is 1. The summed E-state index contributed by atoms with van der Waals surface area (Å²) in [6.07, 6.45) is -1.48. The van der Waals surface area contributed by atoms with Crippen molar-refractivity contribution < 1.29 is 18.0 Å². The molecule has 0 bridgehead atoms. The summed E-state index contributed by atoms with van der Waals surface area (Å²) in [6, 6.07) is 0. The molecule has 1 aliphatic carbocycles. The van der Waals surface area contributed by atoms with Crippen molar-refractivity contribution in [2.45, 2.75) is 45.2 Å². The molecule has 7 heteroatoms. The summed E-state index contributed by atoms with van der Waals surface area (Å²) in [7, 11) is 0. The van der Waals surface area contributed by atoms with E-state index in [1.807, 2.05) is 0 Å². The van der Waals surface area contributed by atoms with Gasteiger partial charge in [0.05, 0.1) is 0 Å². The summed E-state index contributed by atoms with van der Waals surface area (Å²) < 4.78 is 39.6. The third kappa shape index (κ3) is 2.80. The Morgan fingerprint density at radius 1 is 1.23 bits per heavy atom. The highest BCUT2D eigenvalue weighted by Crippen LogP contribution is 2.36. The number of amides is 1. The van der Waals surface area contributed by atoms with E-state index in [2.05, 4.69) is 9.97 Å². The minimum absolute atomic E-state index is 0.0168. The molecule has 1 saturated heterocycles. The predicted octanol–water partition coefficient (Wildman–Crippen LogP) is 2.53. The highest BCUT2D eigenvalue weighted by molar-refractivity contribution is 5.79. The van der Waals surface area contributed by atoms with Crippen LogP contribution in [0.25, 0.3) is 0 Å². The largest absolute Gasteiger partial charge is 0.433 e. The molecule has 2 heterocycles. The van der Waals surface area contributed by atoms with Crippen molar-refractivity contribution in [3.63, 3.8) is 0 Å². The van der Waals surface area contributed by atoms with Crippen LogP contribution in [0.2, 0.25) is 0 Å². The summed E-state index contributed by atoms with van der Waals surface area (Å²) in [5, 5.41) is 0. The molecule has 4 nitrogen and oxygen atoms in total. The van der Waals surface area contributed by atoms with Crippen LogP contribution in [0, 0.1) is 12.8 Å². The maximum Gasteiger partial charge on any atom is 0.433 e. The SMILES string of the molecule is Cc1nc2c(c(C(F)(F)F)n1)C[C@@H](C(=O)N1CCCC1)CC2. The first-order valence-corrected chi connectivity index (χ1v) is 7.58. The molecule has 2 aliphatic rings. The van der Waals surface area contributed by atoms with E-state index in [-0.39, 0.29) is 29.6 Å². The molecule has 0 radical (unpaired) electrons. The molecule has 0 saturated carbocycles. The molecule has 0 aromatic carbocycles. The third-order valence-electron chi connectivity index (χ3n) is 4.42. The number of aromatic nitrogens is 2. The van der Waals surface area contributed by atoms with E-state index in [9.17, 15) is 18.0 Å². The zero-order valence-corrected chi connectivity index (χ0v) is 12.4. The van der Waals surface area contributed by atoms with Gasteiger partial charge in [-0.2, -0.15) is 13.2 Å². The standard InChI is InChI=1S/C15H18F3N3O/c1-9-19-12-5-4-10(14(22)21-6-2-3-7-21)8-11(12)13(20-9)15(16,17)18/h10H,2-8H2,1H3/t10-/m0/s1. The van der Waals surface area contributed by atoms with E-state index in [4.69, 9.17) is 0 Å². The lowest BCUT2D eigenvalue weighted by Gasteiger charge is -2.28. The van der Waals surface area contributed by atoms with Crippen molar-refractivity contribution in [1.82, 2.24) is 14.9 Å². The molecular weight excluding hydrogens is 295 g/mol. The van der Waals surface area contributed by atoms with Crippen LogP contribution < -0.4 is 0 Å². The van der Waals surface area contributed by atoms with Crippen molar-refractivity contribution in [2.24, 2.45) is 5.92 Å². The van der Waals surface area contributed by atoms with E-state index in [1.165, 1.54) is 6.92 Å². The summed E-state index contributed by atoms with van der Waals surface area (Å²) in [5.41, 5.74) is -0.305. The Labute approximate surface area is 126 Å². The molecular formula is C15H18F3N3O. The number of fused-ring (bicyclic) bond motifs is 1. The Hall–Kier alpha value is -1.66. The number of carbonyl (C=O) groups is 1. The van der Waals surface area contributed by atoms with Crippen molar-refractivity contribution >= 4 is 5.91 Å². The fourth-order valence-corrected chi connectivity index (χ4v) is 3.38. The average molecular weight is 313 g/mol. The molecule has 1 aromatic heterocycles. The van der Waals surface area contributed by atoms with Gasteiger partial charge >= 0.3 is 6.18 Å². The molecule has 22 heavy (non-hydrogen) atoms. The van der Waals surface area contributed by atoms with E-state index >= 15 is 0 Å². The van der Waals surface area contributed by atoms with E-state index < -0.39 is 11.9 Å². The van der Waals surface area contributed by atoms with Crippen LogP contribution in [0.4, 0.5) is 13.2 Å². The van der Waals surface area contributed by atoms with Gasteiger partial charge in [-0.25, -0.2) is 9.97 Å². The number of alkyl halides is 3. The minimum Gasteiger partial charge on any atom is -0.342 e. The van der Waals surface area contributed by atoms with Crippen molar-refractivity contribution in [3.8, 4) is 0 Å². The summed E-state index contributed by atoms with van der Waals surface area (Å²) >= 11 is 0. The summed E-state index contributed by atoms with van der Waals surface area (Å²) in [4.78, 5) is 21.9. The monoisotopic (exact) mass is 313 g/mol. The summed E-state index contributed by atoms with van der Waals surface area (Å²) in [6.45, 7) is 2.91. The maximum absolute atomic E-state index is 13.2. The molecule has 120 valence electrons. The quantitative estimate of drug-likeness (QED) is 0.800. The van der Waals surface area contributed by atoms with Gasteiger partial charge in [0, 0.05) is 30.3 Å². The molecule has 1 aliphatic heterocycles. The lowest BCUT2D eigenvalue weighted by molar-refractivity contribution is -0.143. The minimum atomic E-state index is -4.50. The fraction of sp³-hybridized carbons (Fsp3) is 0.667. The first-order valence-electron chi connectivity index (χ1n) is 7.58. The van der Waals surface area contributed by atoms with Crippen LogP contribution in [0.15, 0.2) is 0 Å². The molecule has 3 rings (SSSR count). The average Bonchev–Trinajstić information content (AvgIpc) is 2.98. The van der Waals surface area contributed by atoms with Crippen LogP contribution in [-0.2, 0) is 23.8 Å². The number of aryl methyl sites for hydroxylation is 2. The molecule has 0 unspecified atom stereocenters. The zero-order chi connectivity index (χ0) is 15.9. The first-order chi connectivity index (χ1) is 10.4. The van der Waals surface area contributed by atoms with Gasteiger partial charge in [0.2, 0.25) is 5.91 Å². The topological polar surface area (TPSA) is 46.1 Å². The Bertz CT molecular complexity index is 594. The Kier molecular flexibility index (Phi) is 3.82. The van der Waals surface area contributed by atoms with Crippen molar-refractivity contribution in [3.05, 3.63) is 22.8 Å². The van der Waals surface area contributed by atoms with E-state index in [1.54, 1.807) is 4.90 Å². The smallest absolute Gasteiger partial charge is 0.342 e. The lowest BCUT2D eigenvalue weighted by atomic mass is 9.84. The second-order valence-electron chi connectivity index (χ2n) is 6.01. The molecule has 1 fully saturated rings. The van der Waals surface area contributed by atoms with Crippen LogP contribution in [0.1, 0.15) is 42.0 Å². The number of hydrogen-bond donors (Lipinski definition) is 0. The van der Waals surface area contributed by atoms with Crippen molar-refractivity contribution in [2.75, 3.05) is 13.1 Å². The molecule has 1 atom stereocenters. The number of hydrogen-bond acceptors (Lipinski definition) is 3. The van der Waals surface area contributed by atoms with Crippen LogP contribution in [0.3, 0.4) is 0 Å². The molecule has 1 aromatic rings. The molecule has 0 N–H and O–H groups in total. The van der Waals surface area contributed by atoms with Gasteiger partial charge < -0.3 is 4.90 Å². The second-order valence-corrected chi connectivity index (χ2v) is 6.01. The van der Waals surface area contributed by atoms with Gasteiger partial charge in [0.1, 0.15) is 5.82 Å². The van der Waals surface area contributed by atoms with Crippen LogP contribution >= 0.6 is 0 Å². The number of likely N-dealkylation sites (tertiary alicyclic amines) is 1. The van der Waals surface area contributed by atoms with E-state index in [0.29, 0.717) is 18.5 Å². The van der Waals surface area contributed by atoms with Gasteiger partial charge in [-0.15, -0.1) is 0 Å². The van der Waals surface area contributed by atoms with Gasteiger partial charge in [-0.05, 0) is 39.0 Å². The van der Waals surface area contributed by atoms with Crippen LogP contribution in [-0.4, -0.2) is 33.9 Å². The number of nitrogens with zero attached hydrogens (tertiary/aromatic N) is 3. The highest BCUT2D eigenvalue weighted by atomic mass is 19.4. The number of halogens is 3. The lowest BCUT2D eigenvalue weighted by Crippen LogP contribution is -2.37. The van der Waals surface area contributed by atoms with Crippen LogP contribution in [0.5, 0.6) is 0 Å². The maximum atomic E-state index is 13.2. The Morgan fingerprint density at radius 2 is 1.91 bits per heavy atom. The van der Waals surface area contributed by atoms with Gasteiger partial charge in [-0.1, -0.05) is 0 Å². The van der Waals surface area contributed by atoms with Gasteiger partial charge in [-0.3, -0.25) is 4.79 Å². The third-order valence-corrected chi connectivity index (χ3v) is 4.42. The summed E-state index contributed by atoms with van der Waals surface area (Å²) in [5.74, 6) is -0.259. The zero-order valence-electron chi connectivity index (χ0n) is 12.4. The number of carbonyl (C=O) groups excluding carboxylic acids is 1. The molecule has 0 spiro atoms. The Morgan fingerprint density at radius 3 is 2.55 bits per heavy atom. The molecule has 1 amide bonds. The Balaban J connectivity index is 1.89. The predicted molar refractivity (Wildman–Crippen MR) is 73.1 cm³/mol. The fourth-order valence-electron chi connectivity index (χ4n) is 3.38. The first kappa shape index (κ1) is 15.2. The second kappa shape index (κ2) is 5.52.